The second-order valence-electron chi connectivity index (χ2n) is 5.51. The molecule has 3 heterocycles. The standard InChI is InChI=1S/C17H21N3O3/c1-22-10-11-23-16-12-13(6-8-19-16)17(21)20-9-3-5-15(20)14-4-2-7-18-14/h2,4,6-8,12,15,18H,3,5,9-11H2,1H3. The Morgan fingerprint density at radius 2 is 2.35 bits per heavy atom. The number of carbonyl (C=O) groups excluding carboxylic acids is 1. The van der Waals surface area contributed by atoms with Crippen LogP contribution in [-0.4, -0.2) is 47.6 Å². The van der Waals surface area contributed by atoms with E-state index in [0.717, 1.165) is 25.1 Å². The summed E-state index contributed by atoms with van der Waals surface area (Å²) in [4.78, 5) is 22.1. The van der Waals surface area contributed by atoms with Crippen molar-refractivity contribution in [2.45, 2.75) is 18.9 Å². The maximum atomic E-state index is 12.8. The summed E-state index contributed by atoms with van der Waals surface area (Å²) in [5, 5.41) is 0. The number of hydrogen-bond acceptors (Lipinski definition) is 4. The summed E-state index contributed by atoms with van der Waals surface area (Å²) < 4.78 is 10.4. The van der Waals surface area contributed by atoms with Crippen molar-refractivity contribution in [1.29, 1.82) is 0 Å². The van der Waals surface area contributed by atoms with Crippen LogP contribution in [0.4, 0.5) is 0 Å². The van der Waals surface area contributed by atoms with Gasteiger partial charge in [-0.05, 0) is 31.0 Å². The van der Waals surface area contributed by atoms with E-state index in [1.165, 1.54) is 0 Å². The molecule has 3 rings (SSSR count). The number of ether oxygens (including phenoxy) is 2. The number of carbonyl (C=O) groups is 1. The highest BCUT2D eigenvalue weighted by Crippen LogP contribution is 2.32. The van der Waals surface area contributed by atoms with E-state index in [0.29, 0.717) is 24.7 Å². The number of rotatable bonds is 6. The van der Waals surface area contributed by atoms with Crippen molar-refractivity contribution in [3.63, 3.8) is 0 Å². The Bertz CT molecular complexity index is 642. The third-order valence-electron chi connectivity index (χ3n) is 4.01. The van der Waals surface area contributed by atoms with Gasteiger partial charge in [0.1, 0.15) is 6.61 Å². The summed E-state index contributed by atoms with van der Waals surface area (Å²) in [5.41, 5.74) is 1.69. The number of likely N-dealkylation sites (tertiary alicyclic amines) is 1. The first-order valence-electron chi connectivity index (χ1n) is 7.81. The van der Waals surface area contributed by atoms with Crippen LogP contribution >= 0.6 is 0 Å². The third-order valence-corrected chi connectivity index (χ3v) is 4.01. The molecule has 1 amide bonds. The van der Waals surface area contributed by atoms with Crippen molar-refractivity contribution < 1.29 is 14.3 Å². The first kappa shape index (κ1) is 15.6. The molecule has 0 bridgehead atoms. The normalized spacial score (nSPS) is 17.4. The molecule has 1 aliphatic rings. The Kier molecular flexibility index (Phi) is 4.92. The van der Waals surface area contributed by atoms with E-state index in [1.807, 2.05) is 23.2 Å². The molecule has 0 aromatic carbocycles. The predicted molar refractivity (Wildman–Crippen MR) is 85.4 cm³/mol. The van der Waals surface area contributed by atoms with Crippen molar-refractivity contribution >= 4 is 5.91 Å². The summed E-state index contributed by atoms with van der Waals surface area (Å²) in [7, 11) is 1.62. The van der Waals surface area contributed by atoms with E-state index in [4.69, 9.17) is 9.47 Å². The van der Waals surface area contributed by atoms with Gasteiger partial charge in [-0.3, -0.25) is 4.79 Å². The van der Waals surface area contributed by atoms with E-state index >= 15 is 0 Å². The fourth-order valence-electron chi connectivity index (χ4n) is 2.90. The van der Waals surface area contributed by atoms with E-state index in [-0.39, 0.29) is 11.9 Å². The molecule has 6 heteroatoms. The number of amides is 1. The van der Waals surface area contributed by atoms with Gasteiger partial charge in [0.05, 0.1) is 12.6 Å². The average Bonchev–Trinajstić information content (AvgIpc) is 3.25. The van der Waals surface area contributed by atoms with Gasteiger partial charge in [0, 0.05) is 43.4 Å². The van der Waals surface area contributed by atoms with Crippen LogP contribution in [0.15, 0.2) is 36.7 Å². The van der Waals surface area contributed by atoms with Gasteiger partial charge in [-0.15, -0.1) is 0 Å². The molecule has 2 aromatic heterocycles. The molecule has 1 unspecified atom stereocenters. The SMILES string of the molecule is COCCOc1cc(C(=O)N2CCCC2c2ccc[nH]2)ccn1. The number of H-pyrrole nitrogens is 1. The number of aromatic amines is 1. The van der Waals surface area contributed by atoms with Gasteiger partial charge in [0.2, 0.25) is 5.88 Å². The van der Waals surface area contributed by atoms with Crippen LogP contribution in [0.1, 0.15) is 34.9 Å². The minimum absolute atomic E-state index is 0.0149. The molecule has 0 radical (unpaired) electrons. The number of pyridine rings is 1. The van der Waals surface area contributed by atoms with Gasteiger partial charge in [-0.1, -0.05) is 0 Å². The summed E-state index contributed by atoms with van der Waals surface area (Å²) in [5.74, 6) is 0.463. The van der Waals surface area contributed by atoms with Crippen LogP contribution in [0.25, 0.3) is 0 Å². The van der Waals surface area contributed by atoms with Gasteiger partial charge in [-0.2, -0.15) is 0 Å². The van der Waals surface area contributed by atoms with Gasteiger partial charge < -0.3 is 19.4 Å². The zero-order valence-electron chi connectivity index (χ0n) is 13.2. The van der Waals surface area contributed by atoms with E-state index in [1.54, 1.807) is 25.4 Å². The molecule has 1 atom stereocenters. The van der Waals surface area contributed by atoms with Crippen LogP contribution in [-0.2, 0) is 4.74 Å². The highest BCUT2D eigenvalue weighted by Gasteiger charge is 2.31. The lowest BCUT2D eigenvalue weighted by Crippen LogP contribution is -2.30. The molecule has 0 aliphatic carbocycles. The zero-order chi connectivity index (χ0) is 16.1. The number of hydrogen-bond donors (Lipinski definition) is 1. The van der Waals surface area contributed by atoms with Crippen molar-refractivity contribution in [2.75, 3.05) is 26.9 Å². The Morgan fingerprint density at radius 1 is 1.43 bits per heavy atom. The summed E-state index contributed by atoms with van der Waals surface area (Å²) in [6.45, 7) is 1.67. The number of aromatic nitrogens is 2. The number of nitrogens with zero attached hydrogens (tertiary/aromatic N) is 2. The predicted octanol–water partition coefficient (Wildman–Crippen LogP) is 2.41. The Hall–Kier alpha value is -2.34. The molecular formula is C17H21N3O3. The molecule has 1 fully saturated rings. The molecule has 1 N–H and O–H groups in total. The van der Waals surface area contributed by atoms with Crippen molar-refractivity contribution in [3.8, 4) is 5.88 Å². The maximum absolute atomic E-state index is 12.8. The molecular weight excluding hydrogens is 294 g/mol. The van der Waals surface area contributed by atoms with Gasteiger partial charge >= 0.3 is 0 Å². The molecule has 1 saturated heterocycles. The smallest absolute Gasteiger partial charge is 0.254 e. The first-order valence-corrected chi connectivity index (χ1v) is 7.81. The maximum Gasteiger partial charge on any atom is 0.254 e. The van der Waals surface area contributed by atoms with Crippen LogP contribution < -0.4 is 4.74 Å². The summed E-state index contributed by atoms with van der Waals surface area (Å²) in [6, 6.07) is 7.54. The molecule has 1 aliphatic heterocycles. The van der Waals surface area contributed by atoms with Gasteiger partial charge in [0.15, 0.2) is 0 Å². The highest BCUT2D eigenvalue weighted by atomic mass is 16.5. The Morgan fingerprint density at radius 3 is 3.13 bits per heavy atom. The zero-order valence-corrected chi connectivity index (χ0v) is 13.2. The molecule has 0 spiro atoms. The topological polar surface area (TPSA) is 67.5 Å². The van der Waals surface area contributed by atoms with Gasteiger partial charge in [-0.25, -0.2) is 4.98 Å². The lowest BCUT2D eigenvalue weighted by Gasteiger charge is -2.24. The molecule has 122 valence electrons. The van der Waals surface area contributed by atoms with Crippen LogP contribution in [0.2, 0.25) is 0 Å². The molecule has 6 nitrogen and oxygen atoms in total. The Labute approximate surface area is 135 Å². The first-order chi connectivity index (χ1) is 11.3. The quantitative estimate of drug-likeness (QED) is 0.831. The largest absolute Gasteiger partial charge is 0.475 e. The summed E-state index contributed by atoms with van der Waals surface area (Å²) >= 11 is 0. The second kappa shape index (κ2) is 7.28. The van der Waals surface area contributed by atoms with E-state index in [2.05, 4.69) is 9.97 Å². The summed E-state index contributed by atoms with van der Waals surface area (Å²) in [6.07, 6.45) is 5.49. The number of methoxy groups -OCH3 is 1. The second-order valence-corrected chi connectivity index (χ2v) is 5.51. The number of nitrogens with one attached hydrogen (secondary N) is 1. The van der Waals surface area contributed by atoms with Crippen LogP contribution in [0.5, 0.6) is 5.88 Å². The molecule has 23 heavy (non-hydrogen) atoms. The average molecular weight is 315 g/mol. The van der Waals surface area contributed by atoms with Crippen molar-refractivity contribution in [2.24, 2.45) is 0 Å². The molecule has 0 saturated carbocycles. The minimum atomic E-state index is 0.0149. The third kappa shape index (κ3) is 3.53. The van der Waals surface area contributed by atoms with Crippen LogP contribution in [0, 0.1) is 0 Å². The van der Waals surface area contributed by atoms with Crippen molar-refractivity contribution in [3.05, 3.63) is 47.9 Å². The lowest BCUT2D eigenvalue weighted by molar-refractivity contribution is 0.0732. The highest BCUT2D eigenvalue weighted by molar-refractivity contribution is 5.94. The van der Waals surface area contributed by atoms with Gasteiger partial charge in [0.25, 0.3) is 5.91 Å². The monoisotopic (exact) mass is 315 g/mol. The minimum Gasteiger partial charge on any atom is -0.475 e. The fraction of sp³-hybridized carbons (Fsp3) is 0.412. The van der Waals surface area contributed by atoms with E-state index < -0.39 is 0 Å². The molecule has 2 aromatic rings. The lowest BCUT2D eigenvalue weighted by atomic mass is 10.1. The fourth-order valence-corrected chi connectivity index (χ4v) is 2.90. The Balaban J connectivity index is 1.73. The van der Waals surface area contributed by atoms with Crippen LogP contribution in [0.3, 0.4) is 0 Å². The van der Waals surface area contributed by atoms with Crippen molar-refractivity contribution in [1.82, 2.24) is 14.9 Å². The van der Waals surface area contributed by atoms with E-state index in [9.17, 15) is 4.79 Å².